The van der Waals surface area contributed by atoms with E-state index < -0.39 is 0 Å². The maximum atomic E-state index is 8.75. The molecule has 0 bridgehead atoms. The Morgan fingerprint density at radius 2 is 2.07 bits per heavy atom. The Morgan fingerprint density at radius 3 is 2.79 bits per heavy atom. The summed E-state index contributed by atoms with van der Waals surface area (Å²) in [6.45, 7) is 0. The molecule has 1 heterocycles. The zero-order chi connectivity index (χ0) is 9.80. The monoisotopic (exact) mass is 186 g/mol. The van der Waals surface area contributed by atoms with Gasteiger partial charge in [0.15, 0.2) is 0 Å². The van der Waals surface area contributed by atoms with Gasteiger partial charge in [-0.05, 0) is 36.5 Å². The third kappa shape index (κ3) is 1.93. The molecule has 0 spiro atoms. The van der Waals surface area contributed by atoms with E-state index in [1.165, 1.54) is 37.7 Å². The van der Waals surface area contributed by atoms with Crippen molar-refractivity contribution < 1.29 is 0 Å². The molecular weight excluding hydrogens is 172 g/mol. The molecule has 1 saturated carbocycles. The molecule has 2 rings (SSSR count). The van der Waals surface area contributed by atoms with Crippen LogP contribution in [0, 0.1) is 11.3 Å². The van der Waals surface area contributed by atoms with Crippen molar-refractivity contribution in [2.45, 2.75) is 38.0 Å². The van der Waals surface area contributed by atoms with Crippen molar-refractivity contribution in [3.8, 4) is 6.07 Å². The maximum Gasteiger partial charge on any atom is 0.140 e. The molecule has 0 saturated heterocycles. The van der Waals surface area contributed by atoms with Crippen molar-refractivity contribution in [1.82, 2.24) is 4.98 Å². The molecule has 0 aromatic carbocycles. The predicted octanol–water partition coefficient (Wildman–Crippen LogP) is 3.00. The van der Waals surface area contributed by atoms with Crippen LogP contribution < -0.4 is 0 Å². The number of hydrogen-bond acceptors (Lipinski definition) is 2. The standard InChI is InChI=1S/C12H14N2/c13-9-12-8-11(6-7-14-12)10-4-2-1-3-5-10/h6-8,10H,1-5H2. The lowest BCUT2D eigenvalue weighted by Crippen LogP contribution is -2.04. The number of rotatable bonds is 1. The number of nitriles is 1. The van der Waals surface area contributed by atoms with Gasteiger partial charge in [0.25, 0.3) is 0 Å². The van der Waals surface area contributed by atoms with Crippen molar-refractivity contribution in [2.75, 3.05) is 0 Å². The Balaban J connectivity index is 2.18. The molecule has 72 valence electrons. The van der Waals surface area contributed by atoms with Gasteiger partial charge in [-0.15, -0.1) is 0 Å². The lowest BCUT2D eigenvalue weighted by molar-refractivity contribution is 0.443. The summed E-state index contributed by atoms with van der Waals surface area (Å²) in [5.41, 5.74) is 1.85. The fourth-order valence-electron chi connectivity index (χ4n) is 2.20. The SMILES string of the molecule is N#Cc1cc(C2CCCCC2)ccn1. The summed E-state index contributed by atoms with van der Waals surface area (Å²) in [4.78, 5) is 3.99. The largest absolute Gasteiger partial charge is 0.246 e. The molecule has 2 heteroatoms. The van der Waals surface area contributed by atoms with E-state index in [9.17, 15) is 0 Å². The van der Waals surface area contributed by atoms with Gasteiger partial charge >= 0.3 is 0 Å². The van der Waals surface area contributed by atoms with E-state index in [4.69, 9.17) is 5.26 Å². The van der Waals surface area contributed by atoms with E-state index in [2.05, 4.69) is 17.1 Å². The third-order valence-corrected chi connectivity index (χ3v) is 2.98. The van der Waals surface area contributed by atoms with Gasteiger partial charge in [-0.3, -0.25) is 0 Å². The average molecular weight is 186 g/mol. The first-order valence-corrected chi connectivity index (χ1v) is 5.26. The highest BCUT2D eigenvalue weighted by Crippen LogP contribution is 2.32. The van der Waals surface area contributed by atoms with Crippen LogP contribution >= 0.6 is 0 Å². The van der Waals surface area contributed by atoms with Crippen LogP contribution in [0.5, 0.6) is 0 Å². The van der Waals surface area contributed by atoms with Gasteiger partial charge in [-0.25, -0.2) is 4.98 Å². The second kappa shape index (κ2) is 4.23. The van der Waals surface area contributed by atoms with Crippen LogP contribution in [0.2, 0.25) is 0 Å². The fourth-order valence-corrected chi connectivity index (χ4v) is 2.20. The Labute approximate surface area is 84.6 Å². The summed E-state index contributed by atoms with van der Waals surface area (Å²) >= 11 is 0. The molecule has 0 atom stereocenters. The predicted molar refractivity (Wildman–Crippen MR) is 54.8 cm³/mol. The summed E-state index contributed by atoms with van der Waals surface area (Å²) in [7, 11) is 0. The summed E-state index contributed by atoms with van der Waals surface area (Å²) in [6, 6.07) is 6.09. The Bertz CT molecular complexity index is 346. The number of pyridine rings is 1. The van der Waals surface area contributed by atoms with Crippen molar-refractivity contribution in [2.24, 2.45) is 0 Å². The summed E-state index contributed by atoms with van der Waals surface area (Å²) in [5.74, 6) is 0.666. The van der Waals surface area contributed by atoms with Crippen LogP contribution in [-0.4, -0.2) is 4.98 Å². The van der Waals surface area contributed by atoms with Crippen LogP contribution in [-0.2, 0) is 0 Å². The molecule has 1 aromatic rings. The highest BCUT2D eigenvalue weighted by atomic mass is 14.7. The Morgan fingerprint density at radius 1 is 1.29 bits per heavy atom. The second-order valence-corrected chi connectivity index (χ2v) is 3.92. The normalized spacial score (nSPS) is 17.6. The molecule has 2 nitrogen and oxygen atoms in total. The minimum Gasteiger partial charge on any atom is -0.246 e. The number of nitrogens with zero attached hydrogens (tertiary/aromatic N) is 2. The van der Waals surface area contributed by atoms with Gasteiger partial charge < -0.3 is 0 Å². The molecular formula is C12H14N2. The molecule has 1 aliphatic carbocycles. The van der Waals surface area contributed by atoms with Gasteiger partial charge in [-0.1, -0.05) is 19.3 Å². The third-order valence-electron chi connectivity index (χ3n) is 2.98. The lowest BCUT2D eigenvalue weighted by atomic mass is 9.84. The van der Waals surface area contributed by atoms with Crippen molar-refractivity contribution in [3.05, 3.63) is 29.6 Å². The Kier molecular flexibility index (Phi) is 2.78. The molecule has 0 radical (unpaired) electrons. The molecule has 0 aliphatic heterocycles. The van der Waals surface area contributed by atoms with Crippen molar-refractivity contribution >= 4 is 0 Å². The van der Waals surface area contributed by atoms with Crippen LogP contribution in [0.25, 0.3) is 0 Å². The van der Waals surface area contributed by atoms with E-state index in [-0.39, 0.29) is 0 Å². The molecule has 0 N–H and O–H groups in total. The lowest BCUT2D eigenvalue weighted by Gasteiger charge is -2.21. The maximum absolute atomic E-state index is 8.75. The van der Waals surface area contributed by atoms with Crippen molar-refractivity contribution in [1.29, 1.82) is 5.26 Å². The number of hydrogen-bond donors (Lipinski definition) is 0. The highest BCUT2D eigenvalue weighted by Gasteiger charge is 2.15. The van der Waals surface area contributed by atoms with Gasteiger partial charge in [0.05, 0.1) is 0 Å². The second-order valence-electron chi connectivity index (χ2n) is 3.92. The minimum atomic E-state index is 0.549. The first kappa shape index (κ1) is 9.21. The van der Waals surface area contributed by atoms with E-state index in [0.717, 1.165) is 0 Å². The first-order chi connectivity index (χ1) is 6.90. The highest BCUT2D eigenvalue weighted by molar-refractivity contribution is 5.28. The quantitative estimate of drug-likeness (QED) is 0.676. The van der Waals surface area contributed by atoms with E-state index in [1.54, 1.807) is 6.20 Å². The first-order valence-electron chi connectivity index (χ1n) is 5.26. The zero-order valence-electron chi connectivity index (χ0n) is 8.24. The number of aromatic nitrogens is 1. The molecule has 1 aromatic heterocycles. The zero-order valence-corrected chi connectivity index (χ0v) is 8.24. The molecule has 0 amide bonds. The van der Waals surface area contributed by atoms with Crippen LogP contribution in [0.4, 0.5) is 0 Å². The van der Waals surface area contributed by atoms with E-state index in [1.807, 2.05) is 6.07 Å². The fraction of sp³-hybridized carbons (Fsp3) is 0.500. The molecule has 1 aliphatic rings. The van der Waals surface area contributed by atoms with Crippen LogP contribution in [0.15, 0.2) is 18.3 Å². The topological polar surface area (TPSA) is 36.7 Å². The molecule has 14 heavy (non-hydrogen) atoms. The van der Waals surface area contributed by atoms with Gasteiger partial charge in [0.1, 0.15) is 11.8 Å². The average Bonchev–Trinajstić information content (AvgIpc) is 2.30. The minimum absolute atomic E-state index is 0.549. The van der Waals surface area contributed by atoms with E-state index in [0.29, 0.717) is 11.6 Å². The summed E-state index contributed by atoms with van der Waals surface area (Å²) in [5, 5.41) is 8.75. The van der Waals surface area contributed by atoms with Gasteiger partial charge in [0, 0.05) is 6.20 Å². The van der Waals surface area contributed by atoms with Gasteiger partial charge in [-0.2, -0.15) is 5.26 Å². The van der Waals surface area contributed by atoms with E-state index >= 15 is 0 Å². The smallest absolute Gasteiger partial charge is 0.140 e. The molecule has 1 fully saturated rings. The summed E-state index contributed by atoms with van der Waals surface area (Å²) < 4.78 is 0. The Hall–Kier alpha value is -1.36. The van der Waals surface area contributed by atoms with Crippen LogP contribution in [0.1, 0.15) is 49.3 Å². The molecule has 0 unspecified atom stereocenters. The van der Waals surface area contributed by atoms with Crippen molar-refractivity contribution in [3.63, 3.8) is 0 Å². The van der Waals surface area contributed by atoms with Crippen LogP contribution in [0.3, 0.4) is 0 Å². The summed E-state index contributed by atoms with van der Waals surface area (Å²) in [6.07, 6.45) is 8.32. The van der Waals surface area contributed by atoms with Gasteiger partial charge in [0.2, 0.25) is 0 Å².